The van der Waals surface area contributed by atoms with Gasteiger partial charge in [0.2, 0.25) is 0 Å². The van der Waals surface area contributed by atoms with Crippen LogP contribution in [0.25, 0.3) is 28.0 Å². The molecular formula is C22H18ClFN8O. The van der Waals surface area contributed by atoms with Crippen LogP contribution in [0.2, 0.25) is 5.15 Å². The van der Waals surface area contributed by atoms with Gasteiger partial charge in [-0.3, -0.25) is 19.0 Å². The van der Waals surface area contributed by atoms with Crippen molar-refractivity contribution >= 4 is 23.2 Å². The Morgan fingerprint density at radius 1 is 1.27 bits per heavy atom. The van der Waals surface area contributed by atoms with Crippen LogP contribution >= 0.6 is 11.6 Å². The topological polar surface area (TPSA) is 106 Å². The van der Waals surface area contributed by atoms with Gasteiger partial charge in [-0.05, 0) is 30.7 Å². The average molecular weight is 465 g/mol. The number of aromatic nitrogens is 7. The largest absolute Gasteiger partial charge is 0.345 e. The van der Waals surface area contributed by atoms with E-state index in [1.165, 1.54) is 12.4 Å². The van der Waals surface area contributed by atoms with Crippen LogP contribution in [-0.2, 0) is 13.6 Å². The van der Waals surface area contributed by atoms with Gasteiger partial charge in [-0.1, -0.05) is 23.7 Å². The van der Waals surface area contributed by atoms with Gasteiger partial charge >= 0.3 is 0 Å². The third kappa shape index (κ3) is 3.74. The molecule has 0 saturated carbocycles. The highest BCUT2D eigenvalue weighted by Gasteiger charge is 2.22. The zero-order chi connectivity index (χ0) is 23.1. The van der Waals surface area contributed by atoms with E-state index in [-0.39, 0.29) is 28.9 Å². The van der Waals surface area contributed by atoms with Gasteiger partial charge in [0.05, 0.1) is 12.2 Å². The lowest BCUT2D eigenvalue weighted by molar-refractivity contribution is 0.0950. The molecular weight excluding hydrogens is 447 g/mol. The molecule has 0 aliphatic rings. The second-order valence-corrected chi connectivity index (χ2v) is 7.83. The highest BCUT2D eigenvalue weighted by atomic mass is 35.5. The van der Waals surface area contributed by atoms with E-state index in [0.29, 0.717) is 22.6 Å². The van der Waals surface area contributed by atoms with Gasteiger partial charge in [0.15, 0.2) is 0 Å². The molecule has 166 valence electrons. The zero-order valence-electron chi connectivity index (χ0n) is 17.7. The summed E-state index contributed by atoms with van der Waals surface area (Å²) in [6.45, 7) is 2.06. The van der Waals surface area contributed by atoms with Gasteiger partial charge in [-0.2, -0.15) is 10.2 Å². The summed E-state index contributed by atoms with van der Waals surface area (Å²) in [7, 11) is 1.81. The lowest BCUT2D eigenvalue weighted by Crippen LogP contribution is -2.23. The fourth-order valence-electron chi connectivity index (χ4n) is 3.75. The van der Waals surface area contributed by atoms with E-state index < -0.39 is 5.82 Å². The van der Waals surface area contributed by atoms with Crippen molar-refractivity contribution in [1.29, 1.82) is 0 Å². The first kappa shape index (κ1) is 20.8. The molecule has 5 aromatic rings. The van der Waals surface area contributed by atoms with Crippen molar-refractivity contribution < 1.29 is 9.18 Å². The third-order valence-electron chi connectivity index (χ3n) is 5.27. The van der Waals surface area contributed by atoms with Gasteiger partial charge in [0, 0.05) is 36.1 Å². The summed E-state index contributed by atoms with van der Waals surface area (Å²) in [5, 5.41) is 13.8. The standard InChI is InChI=1S/C22H18ClFN8O/c1-12-15(10-31(2)30-12)14-4-3-5-16(24)19(14)20-21(23)32-7-6-13(8-18(32)28-20)22(33)25-9-17-26-11-27-29-17/h3-8,10-11H,9H2,1-2H3,(H,25,33)(H,26,27,29). The molecule has 0 bridgehead atoms. The molecule has 5 rings (SSSR count). The van der Waals surface area contributed by atoms with E-state index in [0.717, 1.165) is 11.3 Å². The van der Waals surface area contributed by atoms with Crippen LogP contribution in [0, 0.1) is 12.7 Å². The minimum absolute atomic E-state index is 0.202. The van der Waals surface area contributed by atoms with Crippen LogP contribution in [0.4, 0.5) is 4.39 Å². The minimum atomic E-state index is -0.453. The maximum Gasteiger partial charge on any atom is 0.251 e. The molecule has 33 heavy (non-hydrogen) atoms. The molecule has 1 aromatic carbocycles. The SMILES string of the molecule is Cc1nn(C)cc1-c1cccc(F)c1-c1nc2cc(C(=O)NCc3ncn[nH]3)ccn2c1Cl. The van der Waals surface area contributed by atoms with Crippen LogP contribution in [0.5, 0.6) is 0 Å². The van der Waals surface area contributed by atoms with E-state index in [2.05, 4.69) is 30.6 Å². The van der Waals surface area contributed by atoms with E-state index >= 15 is 4.39 Å². The van der Waals surface area contributed by atoms with E-state index in [4.69, 9.17) is 11.6 Å². The summed E-state index contributed by atoms with van der Waals surface area (Å²) in [6.07, 6.45) is 4.83. The molecule has 0 aliphatic carbocycles. The summed E-state index contributed by atoms with van der Waals surface area (Å²) in [5.74, 6) is -0.230. The minimum Gasteiger partial charge on any atom is -0.345 e. The smallest absolute Gasteiger partial charge is 0.251 e. The molecule has 0 atom stereocenters. The predicted octanol–water partition coefficient (Wildman–Crippen LogP) is 3.55. The number of H-pyrrole nitrogens is 1. The molecule has 0 fully saturated rings. The van der Waals surface area contributed by atoms with E-state index in [9.17, 15) is 4.79 Å². The number of imidazole rings is 1. The molecule has 11 heteroatoms. The van der Waals surface area contributed by atoms with Crippen molar-refractivity contribution in [2.45, 2.75) is 13.5 Å². The Bertz CT molecular complexity index is 1490. The fraction of sp³-hybridized carbons (Fsp3) is 0.136. The molecule has 0 saturated heterocycles. The lowest BCUT2D eigenvalue weighted by Gasteiger charge is -2.08. The molecule has 4 heterocycles. The summed E-state index contributed by atoms with van der Waals surface area (Å²) in [4.78, 5) is 21.1. The Kier molecular flexibility index (Phi) is 5.14. The van der Waals surface area contributed by atoms with Crippen molar-refractivity contribution in [1.82, 2.24) is 39.7 Å². The van der Waals surface area contributed by atoms with Crippen LogP contribution in [0.1, 0.15) is 21.9 Å². The van der Waals surface area contributed by atoms with Gasteiger partial charge < -0.3 is 5.32 Å². The third-order valence-corrected chi connectivity index (χ3v) is 5.63. The molecule has 9 nitrogen and oxygen atoms in total. The van der Waals surface area contributed by atoms with Crippen molar-refractivity contribution in [3.63, 3.8) is 0 Å². The number of benzene rings is 1. The highest BCUT2D eigenvalue weighted by Crippen LogP contribution is 2.38. The Balaban J connectivity index is 1.56. The molecule has 4 aromatic heterocycles. The number of halogens is 2. The van der Waals surface area contributed by atoms with E-state index in [1.807, 2.05) is 26.2 Å². The Hall–Kier alpha value is -4.05. The first-order chi connectivity index (χ1) is 15.9. The van der Waals surface area contributed by atoms with Gasteiger partial charge in [-0.15, -0.1) is 0 Å². The molecule has 0 aliphatic heterocycles. The van der Waals surface area contributed by atoms with Crippen LogP contribution in [0.15, 0.2) is 49.1 Å². The monoisotopic (exact) mass is 464 g/mol. The van der Waals surface area contributed by atoms with Crippen LogP contribution in [0.3, 0.4) is 0 Å². The van der Waals surface area contributed by atoms with Crippen molar-refractivity contribution in [3.05, 3.63) is 77.1 Å². The summed E-state index contributed by atoms with van der Waals surface area (Å²) in [5.41, 5.74) is 3.54. The molecule has 0 unspecified atom stereocenters. The fourth-order valence-corrected chi connectivity index (χ4v) is 4.03. The van der Waals surface area contributed by atoms with Crippen LogP contribution in [-0.4, -0.2) is 40.3 Å². The van der Waals surface area contributed by atoms with Gasteiger partial charge in [0.25, 0.3) is 5.91 Å². The number of carbonyl (C=O) groups excluding carboxylic acids is 1. The zero-order valence-corrected chi connectivity index (χ0v) is 18.4. The van der Waals surface area contributed by atoms with Crippen molar-refractivity contribution in [2.24, 2.45) is 7.05 Å². The number of aryl methyl sites for hydroxylation is 2. The molecule has 0 radical (unpaired) electrons. The van der Waals surface area contributed by atoms with Crippen LogP contribution < -0.4 is 5.32 Å². The number of nitrogens with zero attached hydrogens (tertiary/aromatic N) is 6. The number of amides is 1. The predicted molar refractivity (Wildman–Crippen MR) is 120 cm³/mol. The molecule has 0 spiro atoms. The lowest BCUT2D eigenvalue weighted by atomic mass is 9.98. The second-order valence-electron chi connectivity index (χ2n) is 7.47. The number of aromatic amines is 1. The van der Waals surface area contributed by atoms with Crippen molar-refractivity contribution in [2.75, 3.05) is 0 Å². The van der Waals surface area contributed by atoms with Gasteiger partial charge in [-0.25, -0.2) is 14.4 Å². The molecule has 2 N–H and O–H groups in total. The number of nitrogens with one attached hydrogen (secondary N) is 2. The van der Waals surface area contributed by atoms with Gasteiger partial charge in [0.1, 0.15) is 34.5 Å². The summed E-state index contributed by atoms with van der Waals surface area (Å²) < 4.78 is 18.4. The second kappa shape index (κ2) is 8.14. The summed E-state index contributed by atoms with van der Waals surface area (Å²) >= 11 is 6.62. The summed E-state index contributed by atoms with van der Waals surface area (Å²) in [6, 6.07) is 8.04. The number of carbonyl (C=O) groups is 1. The first-order valence-electron chi connectivity index (χ1n) is 10.0. The Morgan fingerprint density at radius 3 is 2.85 bits per heavy atom. The number of hydrogen-bond donors (Lipinski definition) is 2. The maximum absolute atomic E-state index is 15.1. The number of fused-ring (bicyclic) bond motifs is 1. The molecule has 1 amide bonds. The number of hydrogen-bond acceptors (Lipinski definition) is 5. The average Bonchev–Trinajstić information content (AvgIpc) is 3.51. The van der Waals surface area contributed by atoms with E-state index in [1.54, 1.807) is 33.5 Å². The quantitative estimate of drug-likeness (QED) is 0.414. The van der Waals surface area contributed by atoms with Crippen molar-refractivity contribution in [3.8, 4) is 22.4 Å². The number of pyridine rings is 1. The Morgan fingerprint density at radius 2 is 2.12 bits per heavy atom. The first-order valence-corrected chi connectivity index (χ1v) is 10.4. The number of rotatable bonds is 5. The maximum atomic E-state index is 15.1. The normalized spacial score (nSPS) is 11.3. The Labute approximate surface area is 192 Å². The highest BCUT2D eigenvalue weighted by molar-refractivity contribution is 6.32.